The van der Waals surface area contributed by atoms with Crippen LogP contribution in [0.3, 0.4) is 0 Å². The average molecular weight is 316 g/mol. The SMILES string of the molecule is CC(=O)N[C@@H]1CC=C(C(=O)O)O[C@H]1[C@@H](CCO)OCC(N)=O. The van der Waals surface area contributed by atoms with E-state index >= 15 is 0 Å². The number of amides is 2. The van der Waals surface area contributed by atoms with Crippen molar-refractivity contribution in [3.05, 3.63) is 11.8 Å². The minimum atomic E-state index is -1.25. The minimum absolute atomic E-state index is 0.0981. The van der Waals surface area contributed by atoms with Gasteiger partial charge in [0.25, 0.3) is 0 Å². The quantitative estimate of drug-likeness (QED) is 0.426. The molecular weight excluding hydrogens is 296 g/mol. The molecular formula is C13H20N2O7. The Labute approximate surface area is 127 Å². The molecule has 9 nitrogen and oxygen atoms in total. The predicted octanol–water partition coefficient (Wildman–Crippen LogP) is -1.50. The number of nitrogens with one attached hydrogen (secondary N) is 1. The van der Waals surface area contributed by atoms with Gasteiger partial charge in [0.2, 0.25) is 17.6 Å². The molecule has 1 aliphatic rings. The van der Waals surface area contributed by atoms with E-state index in [0.717, 1.165) is 0 Å². The van der Waals surface area contributed by atoms with E-state index in [9.17, 15) is 14.4 Å². The lowest BCUT2D eigenvalue weighted by Gasteiger charge is -2.36. The molecule has 0 aromatic heterocycles. The van der Waals surface area contributed by atoms with Crippen LogP contribution in [0, 0.1) is 0 Å². The number of aliphatic hydroxyl groups excluding tert-OH is 1. The minimum Gasteiger partial charge on any atom is -0.478 e. The summed E-state index contributed by atoms with van der Waals surface area (Å²) in [4.78, 5) is 33.1. The summed E-state index contributed by atoms with van der Waals surface area (Å²) < 4.78 is 10.7. The van der Waals surface area contributed by atoms with Gasteiger partial charge in [0, 0.05) is 20.0 Å². The van der Waals surface area contributed by atoms with Gasteiger partial charge in [0.15, 0.2) is 0 Å². The third kappa shape index (κ3) is 5.34. The van der Waals surface area contributed by atoms with E-state index in [0.29, 0.717) is 0 Å². The zero-order valence-electron chi connectivity index (χ0n) is 12.2. The molecule has 1 heterocycles. The molecule has 9 heteroatoms. The van der Waals surface area contributed by atoms with Gasteiger partial charge < -0.3 is 30.7 Å². The topological polar surface area (TPSA) is 148 Å². The molecule has 0 saturated heterocycles. The molecule has 0 aromatic carbocycles. The Balaban J connectivity index is 2.92. The number of aliphatic carboxylic acids is 1. The molecule has 1 aliphatic heterocycles. The monoisotopic (exact) mass is 316 g/mol. The number of ether oxygens (including phenoxy) is 2. The smallest absolute Gasteiger partial charge is 0.370 e. The Hall–Kier alpha value is -2.13. The maximum absolute atomic E-state index is 11.3. The summed E-state index contributed by atoms with van der Waals surface area (Å²) in [5, 5.41) is 20.8. The first-order chi connectivity index (χ1) is 10.3. The molecule has 0 aromatic rings. The van der Waals surface area contributed by atoms with Gasteiger partial charge in [-0.05, 0) is 12.5 Å². The highest BCUT2D eigenvalue weighted by atomic mass is 16.6. The van der Waals surface area contributed by atoms with Crippen molar-refractivity contribution in [1.82, 2.24) is 5.32 Å². The molecule has 0 radical (unpaired) electrons. The summed E-state index contributed by atoms with van der Waals surface area (Å²) in [5.41, 5.74) is 5.01. The number of rotatable bonds is 8. The number of aliphatic hydroxyl groups is 1. The number of carbonyl (C=O) groups is 3. The summed E-state index contributed by atoms with van der Waals surface area (Å²) >= 11 is 0. The molecule has 5 N–H and O–H groups in total. The summed E-state index contributed by atoms with van der Waals surface area (Å²) in [6.45, 7) is 0.657. The summed E-state index contributed by atoms with van der Waals surface area (Å²) in [7, 11) is 0. The standard InChI is InChI=1S/C13H20N2O7/c1-7(17)15-8-2-3-10(13(19)20)22-12(8)9(4-5-16)21-6-11(14)18/h3,8-9,12,16H,2,4-6H2,1H3,(H2,14,18)(H,15,17)(H,19,20)/t8-,9-,12-/m1/s1. The largest absolute Gasteiger partial charge is 0.478 e. The lowest BCUT2D eigenvalue weighted by atomic mass is 9.97. The van der Waals surface area contributed by atoms with Gasteiger partial charge in [-0.3, -0.25) is 9.59 Å². The van der Waals surface area contributed by atoms with Crippen LogP contribution >= 0.6 is 0 Å². The fraction of sp³-hybridized carbons (Fsp3) is 0.615. The zero-order chi connectivity index (χ0) is 16.7. The fourth-order valence-corrected chi connectivity index (χ4v) is 2.18. The molecule has 0 aliphatic carbocycles. The summed E-state index contributed by atoms with van der Waals surface area (Å²) in [6.07, 6.45) is 0.0296. The lowest BCUT2D eigenvalue weighted by molar-refractivity contribution is -0.145. The van der Waals surface area contributed by atoms with Crippen molar-refractivity contribution in [2.75, 3.05) is 13.2 Å². The van der Waals surface area contributed by atoms with Crippen LogP contribution in [0.2, 0.25) is 0 Å². The van der Waals surface area contributed by atoms with Gasteiger partial charge in [-0.25, -0.2) is 4.79 Å². The van der Waals surface area contributed by atoms with Gasteiger partial charge in [-0.15, -0.1) is 0 Å². The molecule has 0 saturated carbocycles. The molecule has 1 rings (SSSR count). The van der Waals surface area contributed by atoms with Crippen molar-refractivity contribution in [1.29, 1.82) is 0 Å². The van der Waals surface area contributed by atoms with Crippen LogP contribution in [0.15, 0.2) is 11.8 Å². The number of carboxylic acid groups (broad SMARTS) is 1. The highest BCUT2D eigenvalue weighted by Crippen LogP contribution is 2.23. The summed E-state index contributed by atoms with van der Waals surface area (Å²) in [5.74, 6) is -2.53. The second kappa shape index (κ2) is 8.35. The molecule has 0 bridgehead atoms. The third-order valence-corrected chi connectivity index (χ3v) is 3.04. The Bertz CT molecular complexity index is 463. The summed E-state index contributed by atoms with van der Waals surface area (Å²) in [6, 6.07) is -0.537. The molecule has 0 unspecified atom stereocenters. The number of nitrogens with two attached hydrogens (primary N) is 1. The Morgan fingerprint density at radius 1 is 1.55 bits per heavy atom. The Morgan fingerprint density at radius 2 is 2.23 bits per heavy atom. The fourth-order valence-electron chi connectivity index (χ4n) is 2.18. The molecule has 0 fully saturated rings. The molecule has 0 spiro atoms. The van der Waals surface area contributed by atoms with Crippen LogP contribution in [-0.2, 0) is 23.9 Å². The van der Waals surface area contributed by atoms with Crippen molar-refractivity contribution in [2.45, 2.75) is 38.0 Å². The van der Waals surface area contributed by atoms with Crippen molar-refractivity contribution < 1.29 is 34.1 Å². The highest BCUT2D eigenvalue weighted by Gasteiger charge is 2.37. The van der Waals surface area contributed by atoms with Crippen molar-refractivity contribution >= 4 is 17.8 Å². The maximum Gasteiger partial charge on any atom is 0.370 e. The van der Waals surface area contributed by atoms with E-state index in [-0.39, 0.29) is 31.1 Å². The van der Waals surface area contributed by atoms with Crippen LogP contribution in [0.5, 0.6) is 0 Å². The van der Waals surface area contributed by atoms with E-state index in [1.165, 1.54) is 13.0 Å². The highest BCUT2D eigenvalue weighted by molar-refractivity contribution is 5.84. The molecule has 3 atom stereocenters. The Kier molecular flexibility index (Phi) is 6.80. The van der Waals surface area contributed by atoms with E-state index < -0.39 is 36.7 Å². The van der Waals surface area contributed by atoms with Crippen molar-refractivity contribution in [3.63, 3.8) is 0 Å². The first-order valence-corrected chi connectivity index (χ1v) is 6.73. The number of carbonyl (C=O) groups excluding carboxylic acids is 2. The van der Waals surface area contributed by atoms with Gasteiger partial charge >= 0.3 is 5.97 Å². The van der Waals surface area contributed by atoms with Crippen LogP contribution in [0.4, 0.5) is 0 Å². The number of hydrogen-bond donors (Lipinski definition) is 4. The zero-order valence-corrected chi connectivity index (χ0v) is 12.2. The van der Waals surface area contributed by atoms with Gasteiger partial charge in [0.1, 0.15) is 12.7 Å². The number of hydrogen-bond acceptors (Lipinski definition) is 6. The van der Waals surface area contributed by atoms with Gasteiger partial charge in [0.05, 0.1) is 12.1 Å². The van der Waals surface area contributed by atoms with Gasteiger partial charge in [-0.2, -0.15) is 0 Å². The number of primary amides is 1. The normalized spacial score (nSPS) is 22.2. The van der Waals surface area contributed by atoms with Crippen molar-refractivity contribution in [2.24, 2.45) is 5.73 Å². The first-order valence-electron chi connectivity index (χ1n) is 6.73. The first kappa shape index (κ1) is 17.9. The van der Waals surface area contributed by atoms with Crippen LogP contribution in [0.1, 0.15) is 19.8 Å². The average Bonchev–Trinajstić information content (AvgIpc) is 2.43. The third-order valence-electron chi connectivity index (χ3n) is 3.04. The molecule has 124 valence electrons. The predicted molar refractivity (Wildman–Crippen MR) is 73.5 cm³/mol. The molecule has 22 heavy (non-hydrogen) atoms. The van der Waals surface area contributed by atoms with E-state index in [2.05, 4.69) is 5.32 Å². The number of carboxylic acids is 1. The second-order valence-electron chi connectivity index (χ2n) is 4.83. The van der Waals surface area contributed by atoms with E-state index in [4.69, 9.17) is 25.4 Å². The van der Waals surface area contributed by atoms with Crippen LogP contribution in [-0.4, -0.2) is 59.5 Å². The van der Waals surface area contributed by atoms with Crippen LogP contribution in [0.25, 0.3) is 0 Å². The lowest BCUT2D eigenvalue weighted by Crippen LogP contribution is -2.52. The van der Waals surface area contributed by atoms with E-state index in [1.807, 2.05) is 0 Å². The van der Waals surface area contributed by atoms with Crippen molar-refractivity contribution in [3.8, 4) is 0 Å². The van der Waals surface area contributed by atoms with E-state index in [1.54, 1.807) is 0 Å². The maximum atomic E-state index is 11.3. The van der Waals surface area contributed by atoms with Crippen LogP contribution < -0.4 is 11.1 Å². The second-order valence-corrected chi connectivity index (χ2v) is 4.83. The Morgan fingerprint density at radius 3 is 2.73 bits per heavy atom. The molecule has 2 amide bonds. The van der Waals surface area contributed by atoms with Gasteiger partial charge in [-0.1, -0.05) is 0 Å².